The molecule has 0 fully saturated rings. The molecule has 7 heteroatoms. The smallest absolute Gasteiger partial charge is 0.268 e. The van der Waals surface area contributed by atoms with Crippen LogP contribution in [0.3, 0.4) is 0 Å². The highest BCUT2D eigenvalue weighted by atomic mass is 127. The van der Waals surface area contributed by atoms with Crippen LogP contribution in [0, 0.1) is 15.2 Å². The number of aromatic hydroxyl groups is 1. The average molecular weight is 364 g/mol. The van der Waals surface area contributed by atoms with Gasteiger partial charge < -0.3 is 10.1 Å². The summed E-state index contributed by atoms with van der Waals surface area (Å²) in [6.45, 7) is 0. The highest BCUT2D eigenvalue weighted by Crippen LogP contribution is 2.15. The lowest BCUT2D eigenvalue weighted by Crippen LogP contribution is -2.15. The summed E-state index contributed by atoms with van der Waals surface area (Å²) < 4.78 is 26.2. The summed E-state index contributed by atoms with van der Waals surface area (Å²) in [7, 11) is 0. The Balaban J connectivity index is 2.37. The van der Waals surface area contributed by atoms with Crippen LogP contribution in [-0.2, 0) is 6.42 Å². The maximum absolute atomic E-state index is 13.4. The van der Waals surface area contributed by atoms with Gasteiger partial charge in [0.2, 0.25) is 5.88 Å². The Labute approximate surface area is 114 Å². The fraction of sp³-hybridized carbons (Fsp3) is 0.0909. The van der Waals surface area contributed by atoms with Crippen LogP contribution in [-0.4, -0.2) is 15.1 Å². The van der Waals surface area contributed by atoms with Gasteiger partial charge in [-0.15, -0.1) is 0 Å². The Hall–Kier alpha value is -1.51. The van der Waals surface area contributed by atoms with Gasteiger partial charge in [-0.1, -0.05) is 6.07 Å². The maximum atomic E-state index is 13.4. The van der Waals surface area contributed by atoms with Gasteiger partial charge >= 0.3 is 0 Å². The second-order valence-electron chi connectivity index (χ2n) is 3.56. The van der Waals surface area contributed by atoms with Crippen molar-refractivity contribution in [2.75, 3.05) is 0 Å². The van der Waals surface area contributed by atoms with Crippen LogP contribution in [0.15, 0.2) is 23.0 Å². The molecule has 1 aromatic carbocycles. The zero-order chi connectivity index (χ0) is 13.3. The lowest BCUT2D eigenvalue weighted by Gasteiger charge is -2.04. The van der Waals surface area contributed by atoms with Gasteiger partial charge in [0.1, 0.15) is 21.0 Å². The minimum absolute atomic E-state index is 0.0359. The van der Waals surface area contributed by atoms with E-state index in [4.69, 9.17) is 0 Å². The Bertz CT molecular complexity index is 658. The van der Waals surface area contributed by atoms with Gasteiger partial charge in [0, 0.05) is 12.5 Å². The van der Waals surface area contributed by atoms with E-state index in [2.05, 4.69) is 9.97 Å². The second kappa shape index (κ2) is 5.01. The summed E-state index contributed by atoms with van der Waals surface area (Å²) in [5.41, 5.74) is -0.319. The molecular formula is C11H7F2IN2O2. The lowest BCUT2D eigenvalue weighted by atomic mass is 10.1. The minimum Gasteiger partial charge on any atom is -0.492 e. The molecule has 4 nitrogen and oxygen atoms in total. The predicted molar refractivity (Wildman–Crippen MR) is 68.4 cm³/mol. The molecule has 2 rings (SSSR count). The summed E-state index contributed by atoms with van der Waals surface area (Å²) in [5, 5.41) is 9.38. The molecule has 0 bridgehead atoms. The van der Waals surface area contributed by atoms with E-state index < -0.39 is 23.1 Å². The molecule has 0 aliphatic rings. The van der Waals surface area contributed by atoms with Crippen molar-refractivity contribution in [3.05, 3.63) is 55.1 Å². The maximum Gasteiger partial charge on any atom is 0.268 e. The quantitative estimate of drug-likeness (QED) is 0.801. The van der Waals surface area contributed by atoms with E-state index >= 15 is 0 Å². The third kappa shape index (κ3) is 2.66. The van der Waals surface area contributed by atoms with Crippen LogP contribution >= 0.6 is 22.6 Å². The normalized spacial score (nSPS) is 10.6. The van der Waals surface area contributed by atoms with Gasteiger partial charge in [-0.25, -0.2) is 8.78 Å². The van der Waals surface area contributed by atoms with Crippen molar-refractivity contribution < 1.29 is 13.9 Å². The molecule has 0 aliphatic carbocycles. The monoisotopic (exact) mass is 364 g/mol. The van der Waals surface area contributed by atoms with E-state index in [-0.39, 0.29) is 21.4 Å². The summed E-state index contributed by atoms with van der Waals surface area (Å²) in [5.74, 6) is -1.70. The second-order valence-corrected chi connectivity index (χ2v) is 4.64. The number of rotatable bonds is 2. The summed E-state index contributed by atoms with van der Waals surface area (Å²) >= 11 is 1.65. The molecule has 1 heterocycles. The van der Waals surface area contributed by atoms with E-state index in [0.29, 0.717) is 0 Å². The van der Waals surface area contributed by atoms with E-state index in [1.54, 1.807) is 22.6 Å². The van der Waals surface area contributed by atoms with Crippen molar-refractivity contribution in [2.45, 2.75) is 6.42 Å². The first-order chi connectivity index (χ1) is 8.47. The molecule has 0 spiro atoms. The standard InChI is InChI=1S/C11H7F2IN2O2/c12-6-2-1-5(7(13)4-6)3-8-15-10(17)9(14)11(18)16-8/h1-2,4H,3H2,(H2,15,16,17,18). The number of aromatic nitrogens is 2. The topological polar surface area (TPSA) is 66.0 Å². The number of benzene rings is 1. The molecule has 0 saturated carbocycles. The van der Waals surface area contributed by atoms with E-state index in [9.17, 15) is 18.7 Å². The molecule has 1 aromatic heterocycles. The molecule has 18 heavy (non-hydrogen) atoms. The van der Waals surface area contributed by atoms with Crippen molar-refractivity contribution in [1.29, 1.82) is 0 Å². The molecule has 2 N–H and O–H groups in total. The van der Waals surface area contributed by atoms with Gasteiger partial charge in [-0.2, -0.15) is 4.98 Å². The molecule has 94 valence electrons. The number of aromatic amines is 1. The minimum atomic E-state index is -0.726. The van der Waals surface area contributed by atoms with Crippen LogP contribution in [0.5, 0.6) is 5.88 Å². The third-order valence-corrected chi connectivity index (χ3v) is 3.24. The van der Waals surface area contributed by atoms with Crippen molar-refractivity contribution >= 4 is 22.6 Å². The van der Waals surface area contributed by atoms with Crippen molar-refractivity contribution in [2.24, 2.45) is 0 Å². The van der Waals surface area contributed by atoms with Gasteiger partial charge in [-0.3, -0.25) is 4.79 Å². The first kappa shape index (κ1) is 12.9. The number of nitrogens with one attached hydrogen (secondary N) is 1. The average Bonchev–Trinajstić information content (AvgIpc) is 2.29. The van der Waals surface area contributed by atoms with Crippen molar-refractivity contribution in [3.8, 4) is 5.88 Å². The van der Waals surface area contributed by atoms with E-state index in [1.807, 2.05) is 0 Å². The summed E-state index contributed by atoms with van der Waals surface area (Å²) in [4.78, 5) is 17.5. The largest absolute Gasteiger partial charge is 0.492 e. The van der Waals surface area contributed by atoms with Crippen LogP contribution in [0.4, 0.5) is 8.78 Å². The SMILES string of the molecule is O=c1[nH]c(Cc2ccc(F)cc2F)nc(O)c1I. The fourth-order valence-corrected chi connectivity index (χ4v) is 1.68. The molecule has 0 aliphatic heterocycles. The first-order valence-electron chi connectivity index (χ1n) is 4.89. The van der Waals surface area contributed by atoms with E-state index in [1.165, 1.54) is 6.07 Å². The Morgan fingerprint density at radius 3 is 2.72 bits per heavy atom. The van der Waals surface area contributed by atoms with Gasteiger partial charge in [0.25, 0.3) is 5.56 Å². The van der Waals surface area contributed by atoms with Crippen molar-refractivity contribution in [1.82, 2.24) is 9.97 Å². The number of halogens is 3. The van der Waals surface area contributed by atoms with Crippen LogP contribution < -0.4 is 5.56 Å². The van der Waals surface area contributed by atoms with E-state index in [0.717, 1.165) is 12.1 Å². The highest BCUT2D eigenvalue weighted by molar-refractivity contribution is 14.1. The molecule has 2 aromatic rings. The summed E-state index contributed by atoms with van der Waals surface area (Å²) in [6.07, 6.45) is -0.0359. The number of H-pyrrole nitrogens is 1. The molecule has 0 atom stereocenters. The van der Waals surface area contributed by atoms with Gasteiger partial charge in [-0.05, 0) is 34.2 Å². The number of hydrogen-bond donors (Lipinski definition) is 2. The van der Waals surface area contributed by atoms with Crippen molar-refractivity contribution in [3.63, 3.8) is 0 Å². The molecule has 0 radical (unpaired) electrons. The molecule has 0 unspecified atom stereocenters. The lowest BCUT2D eigenvalue weighted by molar-refractivity contribution is 0.443. The first-order valence-corrected chi connectivity index (χ1v) is 5.97. The molecule has 0 saturated heterocycles. The number of nitrogens with zero attached hydrogens (tertiary/aromatic N) is 1. The Kier molecular flexibility index (Phi) is 3.60. The van der Waals surface area contributed by atoms with Crippen LogP contribution in [0.1, 0.15) is 11.4 Å². The number of hydrogen-bond acceptors (Lipinski definition) is 3. The molecular weight excluding hydrogens is 357 g/mol. The van der Waals surface area contributed by atoms with Crippen LogP contribution in [0.2, 0.25) is 0 Å². The van der Waals surface area contributed by atoms with Gasteiger partial charge in [0.05, 0.1) is 0 Å². The Morgan fingerprint density at radius 1 is 1.39 bits per heavy atom. The highest BCUT2D eigenvalue weighted by Gasteiger charge is 2.10. The summed E-state index contributed by atoms with van der Waals surface area (Å²) in [6, 6.07) is 3.13. The van der Waals surface area contributed by atoms with Gasteiger partial charge in [0.15, 0.2) is 0 Å². The third-order valence-electron chi connectivity index (χ3n) is 2.27. The fourth-order valence-electron chi connectivity index (χ4n) is 1.42. The predicted octanol–water partition coefficient (Wildman–Crippen LogP) is 1.95. The zero-order valence-electron chi connectivity index (χ0n) is 8.88. The Morgan fingerprint density at radius 2 is 2.11 bits per heavy atom. The molecule has 0 amide bonds. The van der Waals surface area contributed by atoms with Crippen LogP contribution in [0.25, 0.3) is 0 Å². The zero-order valence-corrected chi connectivity index (χ0v) is 11.0.